The number of aromatic nitrogens is 2. The van der Waals surface area contributed by atoms with E-state index in [0.717, 1.165) is 35.0 Å². The first-order valence-electron chi connectivity index (χ1n) is 12.1. The fourth-order valence-corrected chi connectivity index (χ4v) is 5.44. The summed E-state index contributed by atoms with van der Waals surface area (Å²) in [5, 5.41) is 12.2. The SMILES string of the molecule is CC1(C)C(=O)N(c2ccc3c(C4CCC4)[nH]nc3c2)[C@H](c2ccccc2)[C@H]1NC(=O)C1CC1. The fraction of sp³-hybridized carbons (Fsp3) is 0.444. The van der Waals surface area contributed by atoms with Crippen LogP contribution in [0.3, 0.4) is 0 Å². The smallest absolute Gasteiger partial charge is 0.235 e. The molecule has 2 amide bonds. The van der Waals surface area contributed by atoms with E-state index in [-0.39, 0.29) is 29.8 Å². The highest BCUT2D eigenvalue weighted by Crippen LogP contribution is 2.48. The minimum atomic E-state index is -0.733. The first kappa shape index (κ1) is 20.5. The molecule has 2 heterocycles. The molecule has 6 nitrogen and oxygen atoms in total. The van der Waals surface area contributed by atoms with Crippen LogP contribution < -0.4 is 10.2 Å². The quantitative estimate of drug-likeness (QED) is 0.594. The summed E-state index contributed by atoms with van der Waals surface area (Å²) in [7, 11) is 0. The standard InChI is InChI=1S/C27H30N4O2/c1-27(2)24(28-25(32)18-11-12-18)23(17-7-4-3-5-8-17)31(26(27)33)19-13-14-20-21(15-19)29-30-22(20)16-9-6-10-16/h3-5,7-8,13-16,18,23-24H,6,9-12H2,1-2H3,(H,28,32)(H,29,30)/t23-,24-/m1/s1. The Morgan fingerprint density at radius 3 is 2.52 bits per heavy atom. The number of carbonyl (C=O) groups excluding carboxylic acids is 2. The predicted octanol–water partition coefficient (Wildman–Crippen LogP) is 4.84. The highest BCUT2D eigenvalue weighted by Gasteiger charge is 2.55. The van der Waals surface area contributed by atoms with E-state index >= 15 is 0 Å². The third-order valence-electron chi connectivity index (χ3n) is 7.89. The van der Waals surface area contributed by atoms with Gasteiger partial charge in [-0.2, -0.15) is 5.10 Å². The van der Waals surface area contributed by atoms with Gasteiger partial charge < -0.3 is 10.2 Å². The van der Waals surface area contributed by atoms with Crippen molar-refractivity contribution in [2.45, 2.75) is 64.0 Å². The summed E-state index contributed by atoms with van der Waals surface area (Å²) in [5.74, 6) is 0.738. The largest absolute Gasteiger partial charge is 0.350 e. The Morgan fingerprint density at radius 2 is 1.85 bits per heavy atom. The summed E-state index contributed by atoms with van der Waals surface area (Å²) in [4.78, 5) is 28.5. The van der Waals surface area contributed by atoms with Gasteiger partial charge in [0.05, 0.1) is 23.0 Å². The maximum atomic E-state index is 13.8. The lowest BCUT2D eigenvalue weighted by molar-refractivity contribution is -0.126. The number of hydrogen-bond donors (Lipinski definition) is 2. The number of rotatable bonds is 5. The molecule has 0 bridgehead atoms. The predicted molar refractivity (Wildman–Crippen MR) is 128 cm³/mol. The average Bonchev–Trinajstić information content (AvgIpc) is 3.53. The molecular weight excluding hydrogens is 412 g/mol. The first-order valence-corrected chi connectivity index (χ1v) is 12.1. The molecule has 0 spiro atoms. The van der Waals surface area contributed by atoms with Crippen LogP contribution in [0.1, 0.15) is 69.2 Å². The van der Waals surface area contributed by atoms with E-state index in [1.54, 1.807) is 0 Å². The monoisotopic (exact) mass is 442 g/mol. The van der Waals surface area contributed by atoms with Crippen molar-refractivity contribution >= 4 is 28.4 Å². The van der Waals surface area contributed by atoms with E-state index < -0.39 is 5.41 Å². The summed E-state index contributed by atoms with van der Waals surface area (Å²) in [6.07, 6.45) is 5.55. The van der Waals surface area contributed by atoms with E-state index in [1.165, 1.54) is 25.0 Å². The van der Waals surface area contributed by atoms with Crippen LogP contribution in [0.4, 0.5) is 5.69 Å². The van der Waals surface area contributed by atoms with Gasteiger partial charge in [0.2, 0.25) is 11.8 Å². The van der Waals surface area contributed by atoms with Gasteiger partial charge in [-0.15, -0.1) is 0 Å². The summed E-state index contributed by atoms with van der Waals surface area (Å²) < 4.78 is 0. The number of amides is 2. The lowest BCUT2D eigenvalue weighted by atomic mass is 9.82. The van der Waals surface area contributed by atoms with Crippen molar-refractivity contribution in [3.8, 4) is 0 Å². The second-order valence-electron chi connectivity index (χ2n) is 10.5. The number of anilines is 1. The molecule has 6 heteroatoms. The molecule has 170 valence electrons. The van der Waals surface area contributed by atoms with E-state index in [9.17, 15) is 9.59 Å². The highest BCUT2D eigenvalue weighted by molar-refractivity contribution is 6.03. The average molecular weight is 443 g/mol. The van der Waals surface area contributed by atoms with E-state index in [2.05, 4.69) is 21.6 Å². The Morgan fingerprint density at radius 1 is 1.09 bits per heavy atom. The molecule has 33 heavy (non-hydrogen) atoms. The Bertz CT molecular complexity index is 1220. The third kappa shape index (κ3) is 3.26. The Labute approximate surface area is 193 Å². The molecule has 1 saturated heterocycles. The molecule has 1 aromatic heterocycles. The zero-order valence-electron chi connectivity index (χ0n) is 19.2. The van der Waals surface area contributed by atoms with Crippen LogP contribution in [0, 0.1) is 11.3 Å². The normalized spacial score (nSPS) is 24.8. The molecule has 1 aliphatic heterocycles. The number of benzene rings is 2. The molecule has 0 unspecified atom stereocenters. The Hall–Kier alpha value is -3.15. The number of aromatic amines is 1. The molecule has 6 rings (SSSR count). The molecule has 2 atom stereocenters. The number of nitrogens with zero attached hydrogens (tertiary/aromatic N) is 2. The van der Waals surface area contributed by atoms with E-state index in [1.807, 2.05) is 61.2 Å². The molecule has 2 aliphatic carbocycles. The van der Waals surface area contributed by atoms with Gasteiger partial charge in [-0.1, -0.05) is 36.8 Å². The van der Waals surface area contributed by atoms with Gasteiger partial charge in [0.15, 0.2) is 0 Å². The number of carbonyl (C=O) groups is 2. The van der Waals surface area contributed by atoms with Crippen LogP contribution in [0.15, 0.2) is 48.5 Å². The van der Waals surface area contributed by atoms with Crippen LogP contribution in [-0.4, -0.2) is 28.1 Å². The van der Waals surface area contributed by atoms with E-state index in [0.29, 0.717) is 5.92 Å². The molecule has 3 fully saturated rings. The van der Waals surface area contributed by atoms with Gasteiger partial charge in [-0.05, 0) is 63.3 Å². The minimum absolute atomic E-state index is 0.0200. The van der Waals surface area contributed by atoms with Crippen molar-refractivity contribution in [1.82, 2.24) is 15.5 Å². The zero-order valence-corrected chi connectivity index (χ0v) is 19.2. The second-order valence-corrected chi connectivity index (χ2v) is 10.5. The van der Waals surface area contributed by atoms with Crippen LogP contribution in [0.5, 0.6) is 0 Å². The van der Waals surface area contributed by atoms with Crippen LogP contribution >= 0.6 is 0 Å². The number of H-pyrrole nitrogens is 1. The number of fused-ring (bicyclic) bond motifs is 1. The maximum Gasteiger partial charge on any atom is 0.235 e. The lowest BCUT2D eigenvalue weighted by Crippen LogP contribution is -2.46. The Kier molecular flexibility index (Phi) is 4.61. The number of nitrogens with one attached hydrogen (secondary N) is 2. The summed E-state index contributed by atoms with van der Waals surface area (Å²) in [6.45, 7) is 3.90. The lowest BCUT2D eigenvalue weighted by Gasteiger charge is -2.31. The van der Waals surface area contributed by atoms with Crippen molar-refractivity contribution in [1.29, 1.82) is 0 Å². The van der Waals surface area contributed by atoms with Gasteiger partial charge >= 0.3 is 0 Å². The van der Waals surface area contributed by atoms with Crippen molar-refractivity contribution < 1.29 is 9.59 Å². The third-order valence-corrected chi connectivity index (χ3v) is 7.89. The minimum Gasteiger partial charge on any atom is -0.350 e. The van der Waals surface area contributed by atoms with Gasteiger partial charge in [-0.25, -0.2) is 0 Å². The van der Waals surface area contributed by atoms with Gasteiger partial charge in [0.25, 0.3) is 0 Å². The van der Waals surface area contributed by atoms with Crippen molar-refractivity contribution in [3.05, 3.63) is 59.8 Å². The Balaban J connectivity index is 1.43. The van der Waals surface area contributed by atoms with Crippen LogP contribution in [-0.2, 0) is 9.59 Å². The molecular formula is C27H30N4O2. The summed E-state index contributed by atoms with van der Waals surface area (Å²) >= 11 is 0. The molecule has 2 N–H and O–H groups in total. The van der Waals surface area contributed by atoms with Gasteiger partial charge in [0, 0.05) is 28.6 Å². The second kappa shape index (κ2) is 7.44. The van der Waals surface area contributed by atoms with Crippen molar-refractivity contribution in [3.63, 3.8) is 0 Å². The van der Waals surface area contributed by atoms with E-state index in [4.69, 9.17) is 0 Å². The molecule has 0 radical (unpaired) electrons. The van der Waals surface area contributed by atoms with Gasteiger partial charge in [0.1, 0.15) is 0 Å². The maximum absolute atomic E-state index is 13.8. The summed E-state index contributed by atoms with van der Waals surface area (Å²) in [6, 6.07) is 15.6. The fourth-order valence-electron chi connectivity index (χ4n) is 5.44. The van der Waals surface area contributed by atoms with Crippen LogP contribution in [0.25, 0.3) is 10.9 Å². The van der Waals surface area contributed by atoms with Crippen molar-refractivity contribution in [2.24, 2.45) is 11.3 Å². The van der Waals surface area contributed by atoms with Crippen molar-refractivity contribution in [2.75, 3.05) is 4.90 Å². The topological polar surface area (TPSA) is 78.1 Å². The molecule has 3 aliphatic rings. The first-order chi connectivity index (χ1) is 15.9. The molecule has 2 aromatic carbocycles. The molecule has 2 saturated carbocycles. The zero-order chi connectivity index (χ0) is 22.7. The van der Waals surface area contributed by atoms with Gasteiger partial charge in [-0.3, -0.25) is 14.7 Å². The highest BCUT2D eigenvalue weighted by atomic mass is 16.2. The molecule has 3 aromatic rings. The summed E-state index contributed by atoms with van der Waals surface area (Å²) in [5.41, 5.74) is 3.21. The number of hydrogen-bond acceptors (Lipinski definition) is 3. The van der Waals surface area contributed by atoms with Crippen LogP contribution in [0.2, 0.25) is 0 Å².